The Kier molecular flexibility index (Phi) is 7.86. The molecule has 0 saturated heterocycles. The van der Waals surface area contributed by atoms with Crippen LogP contribution in [0.25, 0.3) is 0 Å². The summed E-state index contributed by atoms with van der Waals surface area (Å²) in [6, 6.07) is 5.22. The minimum absolute atomic E-state index is 0.0661. The number of aliphatic hydroxyl groups is 2. The number of hydrogen-bond donors (Lipinski definition) is 4. The van der Waals surface area contributed by atoms with Gasteiger partial charge >= 0.3 is 11.9 Å². The molecule has 0 atom stereocenters. The van der Waals surface area contributed by atoms with Crippen molar-refractivity contribution in [2.75, 3.05) is 44.4 Å². The van der Waals surface area contributed by atoms with Gasteiger partial charge in [-0.15, -0.1) is 0 Å². The number of nitrogens with zero attached hydrogens (tertiary/aromatic N) is 2. The summed E-state index contributed by atoms with van der Waals surface area (Å²) in [6.45, 7) is 1.26. The first kappa shape index (κ1) is 21.0. The third-order valence-electron chi connectivity index (χ3n) is 4.32. The van der Waals surface area contributed by atoms with Gasteiger partial charge in [0.1, 0.15) is 0 Å². The molecule has 0 saturated carbocycles. The molecule has 0 spiro atoms. The summed E-state index contributed by atoms with van der Waals surface area (Å²) < 4.78 is 0. The zero-order valence-corrected chi connectivity index (χ0v) is 15.1. The van der Waals surface area contributed by atoms with Gasteiger partial charge in [0.15, 0.2) is 0 Å². The highest BCUT2D eigenvalue weighted by Crippen LogP contribution is 2.31. The summed E-state index contributed by atoms with van der Waals surface area (Å²) in [5, 5.41) is 30.0. The Morgan fingerprint density at radius 3 is 2.48 bits per heavy atom. The Morgan fingerprint density at radius 1 is 1.15 bits per heavy atom. The van der Waals surface area contributed by atoms with Gasteiger partial charge in [-0.3, -0.25) is 24.2 Å². The van der Waals surface area contributed by atoms with Gasteiger partial charge < -0.3 is 20.6 Å². The molecule has 0 unspecified atom stereocenters. The van der Waals surface area contributed by atoms with Crippen LogP contribution in [0, 0.1) is 0 Å². The van der Waals surface area contributed by atoms with Gasteiger partial charge in [-0.05, 0) is 24.6 Å². The van der Waals surface area contributed by atoms with Gasteiger partial charge in [-0.1, -0.05) is 12.1 Å². The third-order valence-corrected chi connectivity index (χ3v) is 4.32. The third kappa shape index (κ3) is 5.33. The van der Waals surface area contributed by atoms with Crippen LogP contribution in [0.4, 0.5) is 5.69 Å². The summed E-state index contributed by atoms with van der Waals surface area (Å²) in [5.41, 5.74) is 1.54. The van der Waals surface area contributed by atoms with E-state index in [1.807, 2.05) is 0 Å². The van der Waals surface area contributed by atoms with Crippen LogP contribution in [0.2, 0.25) is 0 Å². The molecular formula is C18H25N3O6. The quantitative estimate of drug-likeness (QED) is 0.280. The Balaban J connectivity index is 2.11. The van der Waals surface area contributed by atoms with Crippen LogP contribution in [0.5, 0.6) is 0 Å². The molecule has 27 heavy (non-hydrogen) atoms. The molecule has 0 radical (unpaired) electrons. The second-order valence-corrected chi connectivity index (χ2v) is 6.25. The molecule has 1 aliphatic rings. The minimum atomic E-state index is -0.857. The number of aliphatic carboxylic acids is 1. The Hall–Kier alpha value is -2.33. The minimum Gasteiger partial charge on any atom is -0.481 e. The zero-order valence-electron chi connectivity index (χ0n) is 15.1. The van der Waals surface area contributed by atoms with Crippen LogP contribution < -0.4 is 10.2 Å². The maximum Gasteiger partial charge on any atom is 0.303 e. The molecule has 4 N–H and O–H groups in total. The van der Waals surface area contributed by atoms with E-state index >= 15 is 0 Å². The molecular weight excluding hydrogens is 354 g/mol. The number of nitrogens with one attached hydrogen (secondary N) is 1. The number of carboxylic acid groups (broad SMARTS) is 1. The molecule has 0 fully saturated rings. The van der Waals surface area contributed by atoms with E-state index in [1.54, 1.807) is 23.1 Å². The summed E-state index contributed by atoms with van der Waals surface area (Å²) in [4.78, 5) is 38.5. The molecule has 148 valence electrons. The van der Waals surface area contributed by atoms with E-state index in [9.17, 15) is 14.4 Å². The van der Waals surface area contributed by atoms with Gasteiger partial charge in [0.05, 0.1) is 31.1 Å². The molecule has 1 heterocycles. The van der Waals surface area contributed by atoms with E-state index in [4.69, 9.17) is 15.3 Å². The normalized spacial score (nSPS) is 13.5. The number of rotatable bonds is 12. The Morgan fingerprint density at radius 2 is 1.85 bits per heavy atom. The number of Topliss-reactive ketones (excluding diaryl/α,β-unsaturated/α-hetero) is 1. The summed E-state index contributed by atoms with van der Waals surface area (Å²) in [6.07, 6.45) is 0.539. The Bertz CT molecular complexity index is 688. The van der Waals surface area contributed by atoms with Crippen molar-refractivity contribution in [3.8, 4) is 0 Å². The van der Waals surface area contributed by atoms with Crippen molar-refractivity contribution in [1.82, 2.24) is 10.2 Å². The van der Waals surface area contributed by atoms with Gasteiger partial charge in [-0.25, -0.2) is 0 Å². The number of carbonyl (C=O) groups excluding carboxylic acids is 2. The summed E-state index contributed by atoms with van der Waals surface area (Å²) in [7, 11) is 0. The number of carboxylic acids is 1. The van der Waals surface area contributed by atoms with Crippen LogP contribution in [0.15, 0.2) is 18.2 Å². The molecule has 0 aliphatic carbocycles. The maximum atomic E-state index is 12.5. The van der Waals surface area contributed by atoms with Crippen molar-refractivity contribution >= 4 is 23.3 Å². The highest BCUT2D eigenvalue weighted by atomic mass is 16.4. The number of benzene rings is 1. The summed E-state index contributed by atoms with van der Waals surface area (Å²) >= 11 is 0. The van der Waals surface area contributed by atoms with E-state index < -0.39 is 17.7 Å². The molecule has 1 aromatic carbocycles. The van der Waals surface area contributed by atoms with Gasteiger partial charge in [0.2, 0.25) is 0 Å². The molecule has 2 rings (SSSR count). The van der Waals surface area contributed by atoms with E-state index in [1.165, 1.54) is 4.90 Å². The zero-order chi connectivity index (χ0) is 19.8. The highest BCUT2D eigenvalue weighted by molar-refractivity contribution is 6.52. The number of hydrogen-bond acceptors (Lipinski definition) is 7. The highest BCUT2D eigenvalue weighted by Gasteiger charge is 2.38. The van der Waals surface area contributed by atoms with Crippen molar-refractivity contribution < 1.29 is 29.7 Å². The fourth-order valence-electron chi connectivity index (χ4n) is 3.02. The number of ketones is 1. The molecule has 0 bridgehead atoms. The topological polar surface area (TPSA) is 130 Å². The second-order valence-electron chi connectivity index (χ2n) is 6.25. The average Bonchev–Trinajstić information content (AvgIpc) is 2.87. The number of fused-ring (bicyclic) bond motifs is 1. The molecule has 0 aromatic heterocycles. The SMILES string of the molecule is O=C(O)CCCNCc1cccc2c1C(=O)C(=O)N2CN(CCO)CCO. The first-order valence-electron chi connectivity index (χ1n) is 8.84. The second kappa shape index (κ2) is 10.1. The fraction of sp³-hybridized carbons (Fsp3) is 0.500. The number of amides is 1. The lowest BCUT2D eigenvalue weighted by molar-refractivity contribution is -0.137. The monoisotopic (exact) mass is 379 g/mol. The van der Waals surface area contributed by atoms with E-state index in [0.29, 0.717) is 36.3 Å². The molecule has 9 heteroatoms. The van der Waals surface area contributed by atoms with Crippen molar-refractivity contribution in [2.45, 2.75) is 19.4 Å². The first-order chi connectivity index (χ1) is 13.0. The number of aliphatic hydroxyl groups excluding tert-OH is 2. The van der Waals surface area contributed by atoms with Crippen LogP contribution in [-0.4, -0.2) is 77.4 Å². The Labute approximate surface area is 157 Å². The van der Waals surface area contributed by atoms with Crippen LogP contribution in [-0.2, 0) is 16.1 Å². The maximum absolute atomic E-state index is 12.5. The van der Waals surface area contributed by atoms with Crippen molar-refractivity contribution in [1.29, 1.82) is 0 Å². The first-order valence-corrected chi connectivity index (χ1v) is 8.84. The standard InChI is InChI=1S/C18H25N3O6/c22-9-7-20(8-10-23)12-21-14-4-1-3-13(16(14)17(26)18(21)27)11-19-6-2-5-15(24)25/h1,3-4,19,22-23H,2,5-12H2,(H,24,25). The van der Waals surface area contributed by atoms with Crippen LogP contribution in [0.3, 0.4) is 0 Å². The van der Waals surface area contributed by atoms with E-state index in [-0.39, 0.29) is 39.4 Å². The van der Waals surface area contributed by atoms with E-state index in [0.717, 1.165) is 0 Å². The number of carbonyl (C=O) groups is 3. The number of anilines is 1. The molecule has 9 nitrogen and oxygen atoms in total. The van der Waals surface area contributed by atoms with Crippen molar-refractivity contribution in [2.24, 2.45) is 0 Å². The molecule has 1 aromatic rings. The lowest BCUT2D eigenvalue weighted by atomic mass is 10.0. The predicted octanol–water partition coefficient (Wildman–Crippen LogP) is -0.586. The van der Waals surface area contributed by atoms with E-state index in [2.05, 4.69) is 5.32 Å². The van der Waals surface area contributed by atoms with Crippen LogP contribution in [0.1, 0.15) is 28.8 Å². The predicted molar refractivity (Wildman–Crippen MR) is 97.4 cm³/mol. The van der Waals surface area contributed by atoms with Crippen LogP contribution >= 0.6 is 0 Å². The lowest BCUT2D eigenvalue weighted by Gasteiger charge is -2.26. The molecule has 1 aliphatic heterocycles. The molecule has 1 amide bonds. The largest absolute Gasteiger partial charge is 0.481 e. The van der Waals surface area contributed by atoms with Gasteiger partial charge in [0.25, 0.3) is 5.78 Å². The lowest BCUT2D eigenvalue weighted by Crippen LogP contribution is -2.43. The smallest absolute Gasteiger partial charge is 0.303 e. The van der Waals surface area contributed by atoms with Gasteiger partial charge in [-0.2, -0.15) is 0 Å². The fourth-order valence-corrected chi connectivity index (χ4v) is 3.02. The van der Waals surface area contributed by atoms with Crippen molar-refractivity contribution in [3.05, 3.63) is 29.3 Å². The average molecular weight is 379 g/mol. The van der Waals surface area contributed by atoms with Crippen molar-refractivity contribution in [3.63, 3.8) is 0 Å². The summed E-state index contributed by atoms with van der Waals surface area (Å²) in [5.74, 6) is -2.07. The van der Waals surface area contributed by atoms with Gasteiger partial charge in [0, 0.05) is 26.1 Å².